The van der Waals surface area contributed by atoms with E-state index in [-0.39, 0.29) is 23.3 Å². The second-order valence-corrected chi connectivity index (χ2v) is 4.51. The molecule has 0 radical (unpaired) electrons. The van der Waals surface area contributed by atoms with Crippen LogP contribution in [0.1, 0.15) is 13.3 Å². The highest BCUT2D eigenvalue weighted by Gasteiger charge is 2.18. The summed E-state index contributed by atoms with van der Waals surface area (Å²) in [5, 5.41) is 13.5. The van der Waals surface area contributed by atoms with Crippen LogP contribution in [0, 0.1) is 10.1 Å². The van der Waals surface area contributed by atoms with E-state index in [1.807, 2.05) is 0 Å². The van der Waals surface area contributed by atoms with Crippen LogP contribution in [-0.2, 0) is 9.53 Å². The van der Waals surface area contributed by atoms with Crippen LogP contribution in [0.4, 0.5) is 5.69 Å². The Morgan fingerprint density at radius 3 is 2.76 bits per heavy atom. The van der Waals surface area contributed by atoms with E-state index in [1.54, 1.807) is 14.0 Å². The topological polar surface area (TPSA) is 90.7 Å². The molecule has 1 rings (SSSR count). The maximum absolute atomic E-state index is 11.6. The van der Waals surface area contributed by atoms with Crippen molar-refractivity contribution in [2.75, 3.05) is 20.3 Å². The highest BCUT2D eigenvalue weighted by molar-refractivity contribution is 6.32. The third kappa shape index (κ3) is 5.20. The van der Waals surface area contributed by atoms with Crippen molar-refractivity contribution in [1.82, 2.24) is 5.32 Å². The first-order valence-electron chi connectivity index (χ1n) is 6.40. The molecule has 0 bridgehead atoms. The lowest BCUT2D eigenvalue weighted by atomic mass is 10.2. The molecule has 0 aliphatic heterocycles. The number of benzene rings is 1. The van der Waals surface area contributed by atoms with E-state index in [9.17, 15) is 14.9 Å². The third-order valence-electron chi connectivity index (χ3n) is 2.71. The summed E-state index contributed by atoms with van der Waals surface area (Å²) >= 11 is 5.78. The summed E-state index contributed by atoms with van der Waals surface area (Å²) in [5.41, 5.74) is -0.177. The molecule has 116 valence electrons. The van der Waals surface area contributed by atoms with E-state index in [1.165, 1.54) is 18.2 Å². The number of carbonyl (C=O) groups is 1. The Hall–Kier alpha value is -1.86. The molecule has 7 nitrogen and oxygen atoms in total. The number of nitrogens with zero attached hydrogens (tertiary/aromatic N) is 1. The zero-order chi connectivity index (χ0) is 15.8. The monoisotopic (exact) mass is 316 g/mol. The molecule has 0 saturated heterocycles. The number of ether oxygens (including phenoxy) is 2. The second-order valence-electron chi connectivity index (χ2n) is 4.10. The van der Waals surface area contributed by atoms with Gasteiger partial charge in [-0.1, -0.05) is 11.6 Å². The van der Waals surface area contributed by atoms with Crippen molar-refractivity contribution >= 4 is 23.3 Å². The van der Waals surface area contributed by atoms with Crippen molar-refractivity contribution in [3.8, 4) is 5.75 Å². The summed E-state index contributed by atoms with van der Waals surface area (Å²) in [7, 11) is 1.66. The fourth-order valence-electron chi connectivity index (χ4n) is 1.64. The molecule has 0 aromatic heterocycles. The van der Waals surface area contributed by atoms with Crippen LogP contribution in [-0.4, -0.2) is 37.2 Å². The summed E-state index contributed by atoms with van der Waals surface area (Å²) < 4.78 is 10.3. The Balaban J connectivity index is 2.53. The van der Waals surface area contributed by atoms with E-state index in [2.05, 4.69) is 5.32 Å². The van der Waals surface area contributed by atoms with Crippen LogP contribution in [0.5, 0.6) is 5.75 Å². The predicted octanol–water partition coefficient (Wildman–Crippen LogP) is 2.17. The minimum atomic E-state index is -0.566. The van der Waals surface area contributed by atoms with Crippen LogP contribution in [0.15, 0.2) is 18.2 Å². The lowest BCUT2D eigenvalue weighted by Crippen LogP contribution is -2.36. The van der Waals surface area contributed by atoms with E-state index >= 15 is 0 Å². The standard InChI is InChI=1S/C13H17ClN2O5/c1-3-20-13(17)11(15-2)6-7-21-9-4-5-12(16(18)19)10(14)8-9/h4-5,8,11,15H,3,6-7H2,1-2H3. The number of hydrogen-bond acceptors (Lipinski definition) is 6. The summed E-state index contributed by atoms with van der Waals surface area (Å²) in [6.45, 7) is 2.30. The van der Waals surface area contributed by atoms with Crippen molar-refractivity contribution in [2.45, 2.75) is 19.4 Å². The molecule has 1 aromatic carbocycles. The first-order valence-corrected chi connectivity index (χ1v) is 6.78. The summed E-state index contributed by atoms with van der Waals surface area (Å²) in [6.07, 6.45) is 0.407. The van der Waals surface area contributed by atoms with E-state index in [4.69, 9.17) is 21.1 Å². The van der Waals surface area contributed by atoms with Gasteiger partial charge >= 0.3 is 5.97 Å². The van der Waals surface area contributed by atoms with Gasteiger partial charge in [0, 0.05) is 18.6 Å². The number of hydrogen-bond donors (Lipinski definition) is 1. The molecule has 0 heterocycles. The van der Waals surface area contributed by atoms with Crippen molar-refractivity contribution in [1.29, 1.82) is 0 Å². The zero-order valence-electron chi connectivity index (χ0n) is 11.8. The molecule has 8 heteroatoms. The van der Waals surface area contributed by atoms with Gasteiger partial charge in [-0.15, -0.1) is 0 Å². The van der Waals surface area contributed by atoms with Crippen molar-refractivity contribution in [3.63, 3.8) is 0 Å². The highest BCUT2D eigenvalue weighted by Crippen LogP contribution is 2.28. The first-order chi connectivity index (χ1) is 9.99. The average molecular weight is 317 g/mol. The summed E-state index contributed by atoms with van der Waals surface area (Å²) in [5.74, 6) is 0.0645. The Labute approximate surface area is 127 Å². The number of likely N-dealkylation sites (N-methyl/N-ethyl adjacent to an activating group) is 1. The predicted molar refractivity (Wildman–Crippen MR) is 77.7 cm³/mol. The van der Waals surface area contributed by atoms with Crippen LogP contribution >= 0.6 is 11.6 Å². The Morgan fingerprint density at radius 2 is 2.24 bits per heavy atom. The van der Waals surface area contributed by atoms with Crippen LogP contribution in [0.3, 0.4) is 0 Å². The van der Waals surface area contributed by atoms with Crippen LogP contribution in [0.2, 0.25) is 5.02 Å². The van der Waals surface area contributed by atoms with E-state index < -0.39 is 11.0 Å². The summed E-state index contributed by atoms with van der Waals surface area (Å²) in [6, 6.07) is 3.65. The number of nitro groups is 1. The molecule has 1 atom stereocenters. The van der Waals surface area contributed by atoms with Crippen LogP contribution < -0.4 is 10.1 Å². The van der Waals surface area contributed by atoms with Gasteiger partial charge in [0.2, 0.25) is 0 Å². The summed E-state index contributed by atoms with van der Waals surface area (Å²) in [4.78, 5) is 21.6. The quantitative estimate of drug-likeness (QED) is 0.449. The molecule has 0 spiro atoms. The minimum Gasteiger partial charge on any atom is -0.493 e. The SMILES string of the molecule is CCOC(=O)C(CCOc1ccc([N+](=O)[O-])c(Cl)c1)NC. The van der Waals surface area contributed by atoms with Gasteiger partial charge in [0.15, 0.2) is 0 Å². The molecule has 1 unspecified atom stereocenters. The Kier molecular flexibility index (Phi) is 6.90. The number of halogens is 1. The molecule has 21 heavy (non-hydrogen) atoms. The Bertz CT molecular complexity index is 509. The van der Waals surface area contributed by atoms with E-state index in [0.717, 1.165) is 0 Å². The number of nitrogens with one attached hydrogen (secondary N) is 1. The average Bonchev–Trinajstić information content (AvgIpc) is 2.43. The molecule has 0 amide bonds. The van der Waals surface area contributed by atoms with Crippen molar-refractivity contribution in [3.05, 3.63) is 33.3 Å². The van der Waals surface area contributed by atoms with Crippen molar-refractivity contribution < 1.29 is 19.2 Å². The van der Waals surface area contributed by atoms with Gasteiger partial charge < -0.3 is 14.8 Å². The number of esters is 1. The van der Waals surface area contributed by atoms with Gasteiger partial charge in [0.25, 0.3) is 5.69 Å². The molecule has 1 N–H and O–H groups in total. The lowest BCUT2D eigenvalue weighted by molar-refractivity contribution is -0.384. The first kappa shape index (κ1) is 17.2. The fraction of sp³-hybridized carbons (Fsp3) is 0.462. The largest absolute Gasteiger partial charge is 0.493 e. The van der Waals surface area contributed by atoms with E-state index in [0.29, 0.717) is 18.8 Å². The number of rotatable bonds is 8. The van der Waals surface area contributed by atoms with Crippen molar-refractivity contribution in [2.24, 2.45) is 0 Å². The van der Waals surface area contributed by atoms with Gasteiger partial charge in [0.1, 0.15) is 16.8 Å². The van der Waals surface area contributed by atoms with Gasteiger partial charge in [-0.2, -0.15) is 0 Å². The second kappa shape index (κ2) is 8.43. The molecule has 1 aromatic rings. The highest BCUT2D eigenvalue weighted by atomic mass is 35.5. The molecule has 0 saturated carbocycles. The lowest BCUT2D eigenvalue weighted by Gasteiger charge is -2.15. The Morgan fingerprint density at radius 1 is 1.52 bits per heavy atom. The molecular formula is C13H17ClN2O5. The van der Waals surface area contributed by atoms with Gasteiger partial charge in [0.05, 0.1) is 18.1 Å². The molecule has 0 aliphatic rings. The normalized spacial score (nSPS) is 11.8. The fourth-order valence-corrected chi connectivity index (χ4v) is 1.88. The minimum absolute atomic E-state index is 0.00746. The van der Waals surface area contributed by atoms with Gasteiger partial charge in [-0.3, -0.25) is 14.9 Å². The molecular weight excluding hydrogens is 300 g/mol. The molecule has 0 aliphatic carbocycles. The zero-order valence-corrected chi connectivity index (χ0v) is 12.6. The number of carbonyl (C=O) groups excluding carboxylic acids is 1. The van der Waals surface area contributed by atoms with Crippen LogP contribution in [0.25, 0.3) is 0 Å². The van der Waals surface area contributed by atoms with Gasteiger partial charge in [-0.05, 0) is 20.0 Å². The third-order valence-corrected chi connectivity index (χ3v) is 3.01. The number of nitro benzene ring substituents is 1. The molecule has 0 fully saturated rings. The maximum Gasteiger partial charge on any atom is 0.323 e. The smallest absolute Gasteiger partial charge is 0.323 e. The van der Waals surface area contributed by atoms with Gasteiger partial charge in [-0.25, -0.2) is 0 Å². The maximum atomic E-state index is 11.6.